The quantitative estimate of drug-likeness (QED) is 0.486. The zero-order valence-electron chi connectivity index (χ0n) is 20.2. The third-order valence-corrected chi connectivity index (χ3v) is 5.03. The lowest BCUT2D eigenvalue weighted by Gasteiger charge is -2.29. The number of nitrogens with zero attached hydrogens (tertiary/aromatic N) is 3. The zero-order chi connectivity index (χ0) is 25.1. The summed E-state index contributed by atoms with van der Waals surface area (Å²) in [6.07, 6.45) is 0.921. The van der Waals surface area contributed by atoms with Crippen molar-refractivity contribution in [1.29, 1.82) is 5.26 Å². The summed E-state index contributed by atoms with van der Waals surface area (Å²) in [6, 6.07) is 14.2. The Morgan fingerprint density at radius 2 is 1.76 bits per heavy atom. The summed E-state index contributed by atoms with van der Waals surface area (Å²) in [6.45, 7) is 10.9. The molecule has 7 nitrogen and oxygen atoms in total. The third-order valence-electron chi connectivity index (χ3n) is 5.03. The topological polar surface area (TPSA) is 99.9 Å². The van der Waals surface area contributed by atoms with E-state index in [1.165, 1.54) is 12.3 Å². The first kappa shape index (κ1) is 24.6. The number of anilines is 2. The molecule has 1 amide bonds. The van der Waals surface area contributed by atoms with Crippen molar-refractivity contribution in [2.75, 3.05) is 5.32 Å². The first-order chi connectivity index (χ1) is 15.9. The van der Waals surface area contributed by atoms with Gasteiger partial charge in [0.05, 0.1) is 23.0 Å². The van der Waals surface area contributed by atoms with Gasteiger partial charge < -0.3 is 15.4 Å². The number of hydrogen-bond donors (Lipinski definition) is 2. The van der Waals surface area contributed by atoms with Gasteiger partial charge in [0.1, 0.15) is 17.5 Å². The number of halogens is 1. The Hall–Kier alpha value is -3.99. The third kappa shape index (κ3) is 6.07. The lowest BCUT2D eigenvalue weighted by atomic mass is 9.93. The number of carbonyl (C=O) groups is 1. The standard InChI is InChI=1S/C26H28FN5O2/c1-16-7-12-20(13-21(16)27)30-23-29-15-18(14-28)22(31-23)17-8-10-19(11-9-17)26(5,6)32-24(33)34-25(2,3)4/h7-13,15H,1-6H3,(H,32,33)(H,29,30,31). The molecule has 0 fully saturated rings. The summed E-state index contributed by atoms with van der Waals surface area (Å²) in [5.74, 6) is -0.0923. The summed E-state index contributed by atoms with van der Waals surface area (Å²) in [5, 5.41) is 15.4. The van der Waals surface area contributed by atoms with E-state index in [1.807, 2.05) is 38.1 Å². The van der Waals surface area contributed by atoms with E-state index >= 15 is 0 Å². The van der Waals surface area contributed by atoms with Crippen molar-refractivity contribution in [1.82, 2.24) is 15.3 Å². The Balaban J connectivity index is 1.85. The number of benzene rings is 2. The first-order valence-electron chi connectivity index (χ1n) is 10.8. The minimum atomic E-state index is -0.688. The molecule has 0 spiro atoms. The van der Waals surface area contributed by atoms with Gasteiger partial charge in [-0.15, -0.1) is 0 Å². The summed E-state index contributed by atoms with van der Waals surface area (Å²) in [4.78, 5) is 20.9. The molecule has 0 bridgehead atoms. The number of aryl methyl sites for hydroxylation is 1. The van der Waals surface area contributed by atoms with Crippen LogP contribution in [0.15, 0.2) is 48.7 Å². The Morgan fingerprint density at radius 3 is 2.35 bits per heavy atom. The van der Waals surface area contributed by atoms with Crippen LogP contribution in [0.3, 0.4) is 0 Å². The average molecular weight is 462 g/mol. The van der Waals surface area contributed by atoms with E-state index < -0.39 is 17.2 Å². The second-order valence-electron chi connectivity index (χ2n) is 9.49. The highest BCUT2D eigenvalue weighted by molar-refractivity contribution is 5.70. The van der Waals surface area contributed by atoms with E-state index in [0.29, 0.717) is 28.1 Å². The van der Waals surface area contributed by atoms with E-state index in [0.717, 1.165) is 5.56 Å². The van der Waals surface area contributed by atoms with Gasteiger partial charge in [0.25, 0.3) is 0 Å². The fraction of sp³-hybridized carbons (Fsp3) is 0.308. The Bertz CT molecular complexity index is 1240. The number of alkyl carbamates (subject to hydrolysis) is 1. The monoisotopic (exact) mass is 461 g/mol. The van der Waals surface area contributed by atoms with E-state index in [-0.39, 0.29) is 11.8 Å². The smallest absolute Gasteiger partial charge is 0.408 e. The van der Waals surface area contributed by atoms with Gasteiger partial charge in [-0.3, -0.25) is 0 Å². The van der Waals surface area contributed by atoms with Crippen LogP contribution < -0.4 is 10.6 Å². The zero-order valence-corrected chi connectivity index (χ0v) is 20.2. The van der Waals surface area contributed by atoms with Gasteiger partial charge in [0.2, 0.25) is 5.95 Å². The molecule has 1 heterocycles. The van der Waals surface area contributed by atoms with Crippen LogP contribution in [0.1, 0.15) is 51.3 Å². The molecule has 176 valence electrons. The molecule has 0 saturated heterocycles. The summed E-state index contributed by atoms with van der Waals surface area (Å²) < 4.78 is 19.2. The van der Waals surface area contributed by atoms with Crippen molar-refractivity contribution in [2.24, 2.45) is 0 Å². The van der Waals surface area contributed by atoms with Crippen molar-refractivity contribution in [3.8, 4) is 17.3 Å². The summed E-state index contributed by atoms with van der Waals surface area (Å²) in [7, 11) is 0. The molecule has 0 aliphatic heterocycles. The number of carbonyl (C=O) groups excluding carboxylic acids is 1. The van der Waals surface area contributed by atoms with Crippen LogP contribution in [0.4, 0.5) is 20.8 Å². The summed E-state index contributed by atoms with van der Waals surface area (Å²) >= 11 is 0. The van der Waals surface area contributed by atoms with E-state index in [4.69, 9.17) is 4.74 Å². The minimum Gasteiger partial charge on any atom is -0.444 e. The number of rotatable bonds is 5. The fourth-order valence-corrected chi connectivity index (χ4v) is 3.22. The molecule has 34 heavy (non-hydrogen) atoms. The maximum Gasteiger partial charge on any atom is 0.408 e. The molecule has 0 radical (unpaired) electrons. The molecule has 0 atom stereocenters. The molecule has 8 heteroatoms. The minimum absolute atomic E-state index is 0.244. The maximum absolute atomic E-state index is 13.9. The summed E-state index contributed by atoms with van der Waals surface area (Å²) in [5.41, 5.74) is 2.06. The first-order valence-corrected chi connectivity index (χ1v) is 10.8. The van der Waals surface area contributed by atoms with E-state index in [2.05, 4.69) is 26.7 Å². The highest BCUT2D eigenvalue weighted by atomic mass is 19.1. The Labute approximate surface area is 199 Å². The van der Waals surface area contributed by atoms with Crippen LogP contribution in [0.2, 0.25) is 0 Å². The van der Waals surface area contributed by atoms with Crippen LogP contribution in [-0.4, -0.2) is 21.7 Å². The molecule has 0 saturated carbocycles. The predicted octanol–water partition coefficient (Wildman–Crippen LogP) is 5.97. The van der Waals surface area contributed by atoms with E-state index in [9.17, 15) is 14.4 Å². The van der Waals surface area contributed by atoms with Gasteiger partial charge in [0.15, 0.2) is 0 Å². The molecular weight excluding hydrogens is 433 g/mol. The lowest BCUT2D eigenvalue weighted by Crippen LogP contribution is -2.43. The number of ether oxygens (including phenoxy) is 1. The van der Waals surface area contributed by atoms with Gasteiger partial charge in [-0.05, 0) is 64.8 Å². The number of amides is 1. The van der Waals surface area contributed by atoms with Gasteiger partial charge in [-0.1, -0.05) is 30.3 Å². The fourth-order valence-electron chi connectivity index (χ4n) is 3.22. The number of hydrogen-bond acceptors (Lipinski definition) is 6. The number of nitriles is 1. The molecule has 0 aliphatic rings. The van der Waals surface area contributed by atoms with Gasteiger partial charge in [-0.25, -0.2) is 19.2 Å². The highest BCUT2D eigenvalue weighted by Gasteiger charge is 2.26. The number of aromatic nitrogens is 2. The van der Waals surface area contributed by atoms with Crippen molar-refractivity contribution in [3.63, 3.8) is 0 Å². The molecule has 1 aromatic heterocycles. The molecule has 0 aliphatic carbocycles. The van der Waals surface area contributed by atoms with Crippen LogP contribution in [0.25, 0.3) is 11.3 Å². The van der Waals surface area contributed by atoms with Crippen molar-refractivity contribution >= 4 is 17.7 Å². The molecule has 2 aromatic carbocycles. The van der Waals surface area contributed by atoms with Gasteiger partial charge in [-0.2, -0.15) is 5.26 Å². The predicted molar refractivity (Wildman–Crippen MR) is 129 cm³/mol. The molecule has 3 aromatic rings. The SMILES string of the molecule is Cc1ccc(Nc2ncc(C#N)c(-c3ccc(C(C)(C)NC(=O)OC(C)(C)C)cc3)n2)cc1F. The molecule has 3 rings (SSSR count). The van der Waals surface area contributed by atoms with Crippen LogP contribution in [0, 0.1) is 24.1 Å². The largest absolute Gasteiger partial charge is 0.444 e. The van der Waals surface area contributed by atoms with Crippen LogP contribution in [-0.2, 0) is 10.3 Å². The lowest BCUT2D eigenvalue weighted by molar-refractivity contribution is 0.0470. The number of nitrogens with one attached hydrogen (secondary N) is 2. The normalized spacial score (nSPS) is 11.5. The average Bonchev–Trinajstić information content (AvgIpc) is 2.74. The molecule has 0 unspecified atom stereocenters. The highest BCUT2D eigenvalue weighted by Crippen LogP contribution is 2.27. The van der Waals surface area contributed by atoms with Crippen LogP contribution in [0.5, 0.6) is 0 Å². The second kappa shape index (κ2) is 9.48. The Kier molecular flexibility index (Phi) is 6.87. The van der Waals surface area contributed by atoms with Crippen molar-refractivity contribution in [3.05, 3.63) is 71.2 Å². The molecule has 2 N–H and O–H groups in total. The maximum atomic E-state index is 13.9. The van der Waals surface area contributed by atoms with Crippen LogP contribution >= 0.6 is 0 Å². The Morgan fingerprint density at radius 1 is 1.09 bits per heavy atom. The van der Waals surface area contributed by atoms with Crippen molar-refractivity contribution in [2.45, 2.75) is 52.7 Å². The van der Waals surface area contributed by atoms with Gasteiger partial charge in [0, 0.05) is 11.3 Å². The van der Waals surface area contributed by atoms with Gasteiger partial charge >= 0.3 is 6.09 Å². The van der Waals surface area contributed by atoms with Crippen molar-refractivity contribution < 1.29 is 13.9 Å². The van der Waals surface area contributed by atoms with E-state index in [1.54, 1.807) is 39.8 Å². The second-order valence-corrected chi connectivity index (χ2v) is 9.49. The molecular formula is C26H28FN5O2.